The van der Waals surface area contributed by atoms with Crippen molar-refractivity contribution < 1.29 is 0 Å². The van der Waals surface area contributed by atoms with Gasteiger partial charge in [-0.1, -0.05) is 32.8 Å². The molecule has 1 unspecified atom stereocenters. The lowest BCUT2D eigenvalue weighted by Crippen LogP contribution is -2.27. The lowest BCUT2D eigenvalue weighted by molar-refractivity contribution is 0.365. The summed E-state index contributed by atoms with van der Waals surface area (Å²) in [7, 11) is 0. The zero-order valence-corrected chi connectivity index (χ0v) is 12.6. The minimum absolute atomic E-state index is 0.625. The summed E-state index contributed by atoms with van der Waals surface area (Å²) in [5, 5.41) is 6.05. The number of thiophene rings is 1. The van der Waals surface area contributed by atoms with Gasteiger partial charge >= 0.3 is 0 Å². The van der Waals surface area contributed by atoms with Gasteiger partial charge in [-0.05, 0) is 55.5 Å². The van der Waals surface area contributed by atoms with Gasteiger partial charge in [-0.25, -0.2) is 0 Å². The summed E-state index contributed by atoms with van der Waals surface area (Å²) < 4.78 is 0. The third-order valence-electron chi connectivity index (χ3n) is 4.04. The molecular formula is C16H27NS. The molecule has 0 spiro atoms. The Morgan fingerprint density at radius 2 is 2.11 bits per heavy atom. The molecule has 102 valence electrons. The average molecular weight is 265 g/mol. The maximum Gasteiger partial charge on any atom is 0.0443 e. The van der Waals surface area contributed by atoms with Gasteiger partial charge < -0.3 is 5.32 Å². The first kappa shape index (κ1) is 14.1. The number of hydrogen-bond donors (Lipinski definition) is 1. The minimum Gasteiger partial charge on any atom is -0.309 e. The van der Waals surface area contributed by atoms with Gasteiger partial charge in [0.25, 0.3) is 0 Å². The Bertz CT molecular complexity index is 312. The maximum atomic E-state index is 3.83. The van der Waals surface area contributed by atoms with Crippen LogP contribution in [0.5, 0.6) is 0 Å². The second kappa shape index (κ2) is 7.30. The van der Waals surface area contributed by atoms with Crippen LogP contribution in [0.15, 0.2) is 17.5 Å². The van der Waals surface area contributed by atoms with E-state index in [1.807, 2.05) is 11.3 Å². The third kappa shape index (κ3) is 4.10. The molecule has 2 heteroatoms. The molecule has 1 saturated carbocycles. The standard InChI is InChI=1S/C16H27NS/c1-13(2)7-5-11-17-16(14-8-3-4-9-14)15-10-6-12-18-15/h6,10,12-14,16-17H,3-5,7-9,11H2,1-2H3. The van der Waals surface area contributed by atoms with Crippen LogP contribution in [0.25, 0.3) is 0 Å². The molecule has 0 bridgehead atoms. The molecule has 1 aromatic rings. The Morgan fingerprint density at radius 3 is 2.72 bits per heavy atom. The van der Waals surface area contributed by atoms with Crippen LogP contribution in [0.4, 0.5) is 0 Å². The molecule has 1 aromatic heterocycles. The van der Waals surface area contributed by atoms with Crippen molar-refractivity contribution in [2.75, 3.05) is 6.54 Å². The highest BCUT2D eigenvalue weighted by Gasteiger charge is 2.26. The molecular weight excluding hydrogens is 238 g/mol. The zero-order chi connectivity index (χ0) is 12.8. The quantitative estimate of drug-likeness (QED) is 0.684. The molecule has 1 aliphatic carbocycles. The fourth-order valence-electron chi connectivity index (χ4n) is 3.03. The lowest BCUT2D eigenvalue weighted by Gasteiger charge is -2.24. The van der Waals surface area contributed by atoms with Crippen molar-refractivity contribution in [3.63, 3.8) is 0 Å². The number of hydrogen-bond acceptors (Lipinski definition) is 2. The summed E-state index contributed by atoms with van der Waals surface area (Å²) in [5.41, 5.74) is 0. The predicted octanol–water partition coefficient (Wildman–Crippen LogP) is 5.01. The SMILES string of the molecule is CC(C)CCCNC(c1cccs1)C1CCCC1. The van der Waals surface area contributed by atoms with E-state index in [-0.39, 0.29) is 0 Å². The van der Waals surface area contributed by atoms with Crippen molar-refractivity contribution in [3.8, 4) is 0 Å². The van der Waals surface area contributed by atoms with E-state index < -0.39 is 0 Å². The van der Waals surface area contributed by atoms with Crippen LogP contribution in [0.2, 0.25) is 0 Å². The Balaban J connectivity index is 1.85. The average Bonchev–Trinajstić information content (AvgIpc) is 3.01. The molecule has 18 heavy (non-hydrogen) atoms. The Kier molecular flexibility index (Phi) is 5.71. The second-order valence-corrected chi connectivity index (χ2v) is 7.01. The highest BCUT2D eigenvalue weighted by atomic mass is 32.1. The molecule has 1 atom stereocenters. The Hall–Kier alpha value is -0.340. The van der Waals surface area contributed by atoms with E-state index in [2.05, 4.69) is 36.7 Å². The number of nitrogens with one attached hydrogen (secondary N) is 1. The van der Waals surface area contributed by atoms with Gasteiger partial charge in [0.1, 0.15) is 0 Å². The fraction of sp³-hybridized carbons (Fsp3) is 0.750. The molecule has 0 saturated heterocycles. The first-order valence-electron chi connectivity index (χ1n) is 7.54. The molecule has 0 radical (unpaired) electrons. The van der Waals surface area contributed by atoms with Gasteiger partial charge in [-0.3, -0.25) is 0 Å². The van der Waals surface area contributed by atoms with Crippen molar-refractivity contribution in [2.24, 2.45) is 11.8 Å². The van der Waals surface area contributed by atoms with E-state index >= 15 is 0 Å². The molecule has 0 amide bonds. The molecule has 2 rings (SSSR count). The smallest absolute Gasteiger partial charge is 0.0443 e. The van der Waals surface area contributed by atoms with Gasteiger partial charge in [0.15, 0.2) is 0 Å². The van der Waals surface area contributed by atoms with Crippen LogP contribution in [0, 0.1) is 11.8 Å². The second-order valence-electron chi connectivity index (χ2n) is 6.03. The molecule has 0 aliphatic heterocycles. The fourth-order valence-corrected chi connectivity index (χ4v) is 3.92. The minimum atomic E-state index is 0.625. The lowest BCUT2D eigenvalue weighted by atomic mass is 9.96. The summed E-state index contributed by atoms with van der Waals surface area (Å²) in [4.78, 5) is 1.55. The van der Waals surface area contributed by atoms with Crippen LogP contribution in [0.3, 0.4) is 0 Å². The monoisotopic (exact) mass is 265 g/mol. The molecule has 1 fully saturated rings. The van der Waals surface area contributed by atoms with Crippen molar-refractivity contribution in [3.05, 3.63) is 22.4 Å². The van der Waals surface area contributed by atoms with Crippen molar-refractivity contribution >= 4 is 11.3 Å². The molecule has 1 N–H and O–H groups in total. The largest absolute Gasteiger partial charge is 0.309 e. The molecule has 1 aliphatic rings. The summed E-state index contributed by atoms with van der Waals surface area (Å²) in [6.07, 6.45) is 8.35. The first-order chi connectivity index (χ1) is 8.77. The van der Waals surface area contributed by atoms with Crippen molar-refractivity contribution in [2.45, 2.75) is 58.4 Å². The van der Waals surface area contributed by atoms with Gasteiger partial charge in [0, 0.05) is 10.9 Å². The van der Waals surface area contributed by atoms with E-state index in [0.717, 1.165) is 11.8 Å². The van der Waals surface area contributed by atoms with E-state index in [1.165, 1.54) is 45.1 Å². The molecule has 1 heterocycles. The summed E-state index contributed by atoms with van der Waals surface area (Å²) in [6.45, 7) is 5.80. The van der Waals surface area contributed by atoms with Crippen LogP contribution in [0.1, 0.15) is 63.3 Å². The summed E-state index contributed by atoms with van der Waals surface area (Å²) in [6, 6.07) is 5.13. The van der Waals surface area contributed by atoms with Gasteiger partial charge in [-0.2, -0.15) is 0 Å². The first-order valence-corrected chi connectivity index (χ1v) is 8.42. The molecule has 1 nitrogen and oxygen atoms in total. The van der Waals surface area contributed by atoms with Crippen LogP contribution in [-0.2, 0) is 0 Å². The van der Waals surface area contributed by atoms with E-state index in [4.69, 9.17) is 0 Å². The van der Waals surface area contributed by atoms with E-state index in [1.54, 1.807) is 4.88 Å². The van der Waals surface area contributed by atoms with Crippen molar-refractivity contribution in [1.29, 1.82) is 0 Å². The summed E-state index contributed by atoms with van der Waals surface area (Å²) >= 11 is 1.92. The third-order valence-corrected chi connectivity index (χ3v) is 5.00. The Morgan fingerprint density at radius 1 is 1.33 bits per heavy atom. The predicted molar refractivity (Wildman–Crippen MR) is 81.1 cm³/mol. The van der Waals surface area contributed by atoms with Gasteiger partial charge in [0.05, 0.1) is 0 Å². The van der Waals surface area contributed by atoms with E-state index in [9.17, 15) is 0 Å². The van der Waals surface area contributed by atoms with Crippen LogP contribution >= 0.6 is 11.3 Å². The summed E-state index contributed by atoms with van der Waals surface area (Å²) in [5.74, 6) is 1.71. The highest BCUT2D eigenvalue weighted by Crippen LogP contribution is 2.37. The molecule has 0 aromatic carbocycles. The zero-order valence-electron chi connectivity index (χ0n) is 11.8. The normalized spacial score (nSPS) is 18.6. The topological polar surface area (TPSA) is 12.0 Å². The van der Waals surface area contributed by atoms with Crippen molar-refractivity contribution in [1.82, 2.24) is 5.32 Å². The van der Waals surface area contributed by atoms with Crippen LogP contribution < -0.4 is 5.32 Å². The van der Waals surface area contributed by atoms with Crippen LogP contribution in [-0.4, -0.2) is 6.54 Å². The Labute approximate surface area is 116 Å². The van der Waals surface area contributed by atoms with E-state index in [0.29, 0.717) is 6.04 Å². The number of rotatable bonds is 7. The van der Waals surface area contributed by atoms with Gasteiger partial charge in [0.2, 0.25) is 0 Å². The maximum absolute atomic E-state index is 3.83. The highest BCUT2D eigenvalue weighted by molar-refractivity contribution is 7.10. The van der Waals surface area contributed by atoms with Gasteiger partial charge in [-0.15, -0.1) is 11.3 Å².